The third-order valence-corrected chi connectivity index (χ3v) is 9.20. The monoisotopic (exact) mass is 586 g/mol. The first-order valence-electron chi connectivity index (χ1n) is 14.1. The number of fused-ring (bicyclic) bond motifs is 3. The molecular weight excluding hydrogens is 559 g/mol. The first-order chi connectivity index (χ1) is 20.3. The van der Waals surface area contributed by atoms with E-state index in [1.54, 1.807) is 4.90 Å². The second-order valence-corrected chi connectivity index (χ2v) is 11.9. The van der Waals surface area contributed by atoms with Crippen molar-refractivity contribution in [3.05, 3.63) is 93.8 Å². The molecule has 0 radical (unpaired) electrons. The molecule has 5 aliphatic rings. The van der Waals surface area contributed by atoms with E-state index >= 15 is 4.39 Å². The second kappa shape index (κ2) is 10.3. The lowest BCUT2D eigenvalue weighted by Crippen LogP contribution is -2.69. The second-order valence-electron chi connectivity index (χ2n) is 11.5. The van der Waals surface area contributed by atoms with Crippen LogP contribution in [0.15, 0.2) is 60.7 Å². The molecule has 42 heavy (non-hydrogen) atoms. The minimum Gasteiger partial charge on any atom is -0.330 e. The molecule has 3 aromatic rings. The number of piperidine rings is 2. The van der Waals surface area contributed by atoms with E-state index in [1.165, 1.54) is 22.6 Å². The molecule has 0 saturated carbocycles. The van der Waals surface area contributed by atoms with E-state index in [1.807, 2.05) is 36.4 Å². The summed E-state index contributed by atoms with van der Waals surface area (Å²) in [6, 6.07) is 18.0. The number of rotatable bonds is 5. The fourth-order valence-electron chi connectivity index (χ4n) is 6.88. The molecule has 214 valence electrons. The number of hydrogen-bond acceptors (Lipinski definition) is 5. The predicted molar refractivity (Wildman–Crippen MR) is 153 cm³/mol. The van der Waals surface area contributed by atoms with Gasteiger partial charge in [0, 0.05) is 54.3 Å². The number of amides is 4. The average Bonchev–Trinajstić information content (AvgIpc) is 3.30. The first-order valence-corrected chi connectivity index (χ1v) is 14.5. The van der Waals surface area contributed by atoms with Crippen LogP contribution >= 0.6 is 11.6 Å². The number of benzene rings is 3. The van der Waals surface area contributed by atoms with Gasteiger partial charge in [-0.15, -0.1) is 0 Å². The van der Waals surface area contributed by atoms with Crippen LogP contribution in [0.1, 0.15) is 51.1 Å². The summed E-state index contributed by atoms with van der Waals surface area (Å²) >= 11 is 6.09. The highest BCUT2D eigenvalue weighted by atomic mass is 35.5. The van der Waals surface area contributed by atoms with Gasteiger partial charge in [-0.05, 0) is 53.8 Å². The van der Waals surface area contributed by atoms with Crippen molar-refractivity contribution in [2.75, 3.05) is 13.1 Å². The van der Waals surface area contributed by atoms with Crippen molar-refractivity contribution in [3.8, 4) is 11.1 Å². The van der Waals surface area contributed by atoms with Gasteiger partial charge in [-0.2, -0.15) is 0 Å². The first kappa shape index (κ1) is 26.8. The number of hydrogen-bond donors (Lipinski definition) is 1. The largest absolute Gasteiger partial charge is 0.330 e. The van der Waals surface area contributed by atoms with E-state index in [4.69, 9.17) is 11.6 Å². The summed E-state index contributed by atoms with van der Waals surface area (Å²) in [5.41, 5.74) is 3.65. The van der Waals surface area contributed by atoms with E-state index < -0.39 is 23.7 Å². The summed E-state index contributed by atoms with van der Waals surface area (Å²) in [6.45, 7) is 2.00. The average molecular weight is 587 g/mol. The normalized spacial score (nSPS) is 23.5. The van der Waals surface area contributed by atoms with Crippen LogP contribution in [0.4, 0.5) is 4.39 Å². The lowest BCUT2D eigenvalue weighted by atomic mass is 9.85. The van der Waals surface area contributed by atoms with E-state index in [0.717, 1.165) is 24.1 Å². The number of nitrogens with zero attached hydrogens (tertiary/aromatic N) is 3. The smallest absolute Gasteiger partial charge is 0.257 e. The summed E-state index contributed by atoms with van der Waals surface area (Å²) < 4.78 is 15.8. The standard InChI is InChI=1S/C32H28ClFN4O4/c33-20-7-5-18(6-8-20)23-4-2-1-3-19(23)14-36-15-21-13-22(16-36)38(21)32(42)25-10-9-24-26(29(25)34)17-37(31(24)41)27-11-12-28(39)35-30(27)40/h1-10,21-22,27H,11-17H2,(H,35,39,40). The molecule has 1 N–H and O–H groups in total. The molecule has 0 spiro atoms. The Labute approximate surface area is 247 Å². The van der Waals surface area contributed by atoms with Gasteiger partial charge in [0.15, 0.2) is 0 Å². The highest BCUT2D eigenvalue weighted by Gasteiger charge is 2.48. The maximum absolute atomic E-state index is 15.8. The molecule has 4 saturated heterocycles. The van der Waals surface area contributed by atoms with Crippen molar-refractivity contribution >= 4 is 35.2 Å². The maximum atomic E-state index is 15.8. The zero-order valence-electron chi connectivity index (χ0n) is 22.7. The molecule has 3 unspecified atom stereocenters. The molecule has 0 aliphatic carbocycles. The number of nitrogens with one attached hydrogen (secondary N) is 1. The van der Waals surface area contributed by atoms with Crippen molar-refractivity contribution in [3.63, 3.8) is 0 Å². The SMILES string of the molecule is O=C1CCC(N2Cc3c(ccc(C(=O)N4C5CC4CN(Cc4ccccc4-c4ccc(Cl)cc4)C5)c3F)C2=O)C(=O)N1. The van der Waals surface area contributed by atoms with Crippen LogP contribution < -0.4 is 5.32 Å². The highest BCUT2D eigenvalue weighted by molar-refractivity contribution is 6.30. The van der Waals surface area contributed by atoms with Crippen molar-refractivity contribution in [2.24, 2.45) is 0 Å². The summed E-state index contributed by atoms with van der Waals surface area (Å²) in [7, 11) is 0. The molecular formula is C32H28ClFN4O4. The van der Waals surface area contributed by atoms with Crippen LogP contribution in [0.5, 0.6) is 0 Å². The lowest BCUT2D eigenvalue weighted by molar-refractivity contribution is -0.136. The van der Waals surface area contributed by atoms with Crippen molar-refractivity contribution in [2.45, 2.75) is 50.5 Å². The van der Waals surface area contributed by atoms with Crippen molar-refractivity contribution in [1.82, 2.24) is 20.0 Å². The van der Waals surface area contributed by atoms with E-state index in [2.05, 4.69) is 22.3 Å². The minimum absolute atomic E-state index is 0.0202. The van der Waals surface area contributed by atoms with E-state index in [-0.39, 0.29) is 60.0 Å². The fraction of sp³-hybridized carbons (Fsp3) is 0.312. The Morgan fingerprint density at radius 2 is 1.69 bits per heavy atom. The Balaban J connectivity index is 1.05. The molecule has 2 bridgehead atoms. The Hall–Kier alpha value is -4.08. The van der Waals surface area contributed by atoms with Gasteiger partial charge in [0.25, 0.3) is 11.8 Å². The van der Waals surface area contributed by atoms with Gasteiger partial charge >= 0.3 is 0 Å². The highest BCUT2D eigenvalue weighted by Crippen LogP contribution is 2.37. The number of halogens is 2. The van der Waals surface area contributed by atoms with Gasteiger partial charge < -0.3 is 9.80 Å². The topological polar surface area (TPSA) is 90.0 Å². The summed E-state index contributed by atoms with van der Waals surface area (Å²) in [4.78, 5) is 55.9. The van der Waals surface area contributed by atoms with Crippen LogP contribution in [0.2, 0.25) is 5.02 Å². The summed E-state index contributed by atoms with van der Waals surface area (Å²) in [5.74, 6) is -2.49. The molecule has 3 atom stereocenters. The van der Waals surface area contributed by atoms with Gasteiger partial charge in [-0.1, -0.05) is 48.0 Å². The number of imide groups is 1. The molecule has 5 heterocycles. The molecule has 4 amide bonds. The van der Waals surface area contributed by atoms with Gasteiger partial charge in [-0.25, -0.2) is 4.39 Å². The third-order valence-electron chi connectivity index (χ3n) is 8.95. The van der Waals surface area contributed by atoms with Gasteiger partial charge in [0.05, 0.1) is 12.1 Å². The summed E-state index contributed by atoms with van der Waals surface area (Å²) in [6.07, 6.45) is 1.18. The van der Waals surface area contributed by atoms with Crippen LogP contribution in [-0.2, 0) is 22.7 Å². The fourth-order valence-corrected chi connectivity index (χ4v) is 7.00. The number of carbonyl (C=O) groups is 4. The molecule has 0 aromatic heterocycles. The predicted octanol–water partition coefficient (Wildman–Crippen LogP) is 4.01. The zero-order valence-corrected chi connectivity index (χ0v) is 23.4. The van der Waals surface area contributed by atoms with Crippen LogP contribution in [0, 0.1) is 5.82 Å². The van der Waals surface area contributed by atoms with Crippen LogP contribution in [0.3, 0.4) is 0 Å². The minimum atomic E-state index is -0.841. The van der Waals surface area contributed by atoms with E-state index in [9.17, 15) is 19.2 Å². The molecule has 8 nitrogen and oxygen atoms in total. The quantitative estimate of drug-likeness (QED) is 0.457. The Bertz CT molecular complexity index is 1630. The zero-order chi connectivity index (χ0) is 29.1. The van der Waals surface area contributed by atoms with Crippen LogP contribution in [-0.4, -0.2) is 69.5 Å². The van der Waals surface area contributed by atoms with Crippen molar-refractivity contribution in [1.29, 1.82) is 0 Å². The number of carbonyl (C=O) groups excluding carboxylic acids is 4. The molecule has 4 fully saturated rings. The van der Waals surface area contributed by atoms with Gasteiger partial charge in [0.2, 0.25) is 11.8 Å². The van der Waals surface area contributed by atoms with Crippen molar-refractivity contribution < 1.29 is 23.6 Å². The van der Waals surface area contributed by atoms with Gasteiger partial charge in [0.1, 0.15) is 11.9 Å². The Kier molecular flexibility index (Phi) is 6.59. The molecule has 5 aliphatic heterocycles. The molecule has 10 heteroatoms. The number of piperazine rings is 1. The summed E-state index contributed by atoms with van der Waals surface area (Å²) in [5, 5.41) is 2.94. The van der Waals surface area contributed by atoms with Crippen LogP contribution in [0.25, 0.3) is 11.1 Å². The Morgan fingerprint density at radius 1 is 0.952 bits per heavy atom. The van der Waals surface area contributed by atoms with E-state index in [0.29, 0.717) is 18.1 Å². The third kappa shape index (κ3) is 4.48. The molecule has 3 aromatic carbocycles. The Morgan fingerprint density at radius 3 is 2.43 bits per heavy atom. The maximum Gasteiger partial charge on any atom is 0.257 e. The lowest BCUT2D eigenvalue weighted by Gasteiger charge is -2.56. The molecule has 8 rings (SSSR count). The van der Waals surface area contributed by atoms with Gasteiger partial charge in [-0.3, -0.25) is 29.4 Å².